The van der Waals surface area contributed by atoms with E-state index in [9.17, 15) is 23.9 Å². The van der Waals surface area contributed by atoms with Crippen LogP contribution in [0.4, 0.5) is 8.78 Å². The Kier molecular flexibility index (Phi) is 7.29. The van der Waals surface area contributed by atoms with Crippen molar-refractivity contribution in [2.45, 2.75) is 6.61 Å². The Labute approximate surface area is 229 Å². The van der Waals surface area contributed by atoms with E-state index in [1.165, 1.54) is 29.9 Å². The van der Waals surface area contributed by atoms with Crippen LogP contribution in [0, 0.1) is 11.6 Å². The van der Waals surface area contributed by atoms with Gasteiger partial charge in [0, 0.05) is 17.5 Å². The van der Waals surface area contributed by atoms with Gasteiger partial charge in [0.15, 0.2) is 17.3 Å². The Bertz CT molecular complexity index is 1760. The van der Waals surface area contributed by atoms with Gasteiger partial charge in [-0.05, 0) is 12.1 Å². The van der Waals surface area contributed by atoms with Crippen LogP contribution in [0.1, 0.15) is 15.2 Å². The molecular formula is C22H14F2N3NaO6S2. The van der Waals surface area contributed by atoms with Crippen LogP contribution < -0.4 is 20.7 Å². The second-order valence-corrected chi connectivity index (χ2v) is 8.96. The number of methoxy groups -OCH3 is 1. The minimum absolute atomic E-state index is 0. The first-order valence-corrected chi connectivity index (χ1v) is 11.6. The van der Waals surface area contributed by atoms with Gasteiger partial charge in [0.05, 0.1) is 45.0 Å². The number of carbonyl (C=O) groups is 1. The molecule has 0 fully saturated rings. The van der Waals surface area contributed by atoms with Gasteiger partial charge in [-0.2, -0.15) is 0 Å². The third-order valence-electron chi connectivity index (χ3n) is 5.24. The first-order chi connectivity index (χ1) is 16.8. The van der Waals surface area contributed by atoms with E-state index in [1.54, 1.807) is 11.6 Å². The van der Waals surface area contributed by atoms with Gasteiger partial charge in [0.2, 0.25) is 0 Å². The molecule has 0 bridgehead atoms. The number of aromatic amines is 1. The molecule has 9 nitrogen and oxygen atoms in total. The van der Waals surface area contributed by atoms with Gasteiger partial charge in [0.1, 0.15) is 17.3 Å². The summed E-state index contributed by atoms with van der Waals surface area (Å²) >= 11 is 2.08. The van der Waals surface area contributed by atoms with Crippen molar-refractivity contribution in [1.29, 1.82) is 0 Å². The van der Waals surface area contributed by atoms with E-state index in [-0.39, 0.29) is 69.0 Å². The SMILES string of the molecule is COc1cc(F)c(-n2c(=O)[nH]c3csc(C(=O)O)c3c2=O)cc1OCc1c(F)ccc2scnc12.[NaH]. The van der Waals surface area contributed by atoms with E-state index in [1.807, 2.05) is 0 Å². The topological polar surface area (TPSA) is 124 Å². The molecule has 180 valence electrons. The summed E-state index contributed by atoms with van der Waals surface area (Å²) in [4.78, 5) is 43.5. The standard InChI is InChI=1S/C22H13F2N3O6S2.Na.H/c1-32-14-4-11(24)13(27-20(28)17-12(26-22(27)31)7-34-19(17)21(29)30)5-15(14)33-6-9-10(23)2-3-16-18(9)25-8-35-16;;/h2-5,7-8H,6H2,1H3,(H,26,31)(H,29,30);;. The quantitative estimate of drug-likeness (QED) is 0.316. The predicted octanol–water partition coefficient (Wildman–Crippen LogP) is 3.27. The van der Waals surface area contributed by atoms with Gasteiger partial charge in [-0.15, -0.1) is 22.7 Å². The Morgan fingerprint density at radius 3 is 2.67 bits per heavy atom. The molecule has 0 saturated heterocycles. The van der Waals surface area contributed by atoms with Gasteiger partial charge in [-0.1, -0.05) is 0 Å². The van der Waals surface area contributed by atoms with Gasteiger partial charge < -0.3 is 19.6 Å². The molecule has 0 saturated carbocycles. The van der Waals surface area contributed by atoms with Gasteiger partial charge in [-0.3, -0.25) is 4.79 Å². The summed E-state index contributed by atoms with van der Waals surface area (Å²) in [6.45, 7) is -0.299. The molecule has 0 aliphatic rings. The number of benzene rings is 2. The summed E-state index contributed by atoms with van der Waals surface area (Å²) in [6.07, 6.45) is 0. The van der Waals surface area contributed by atoms with Gasteiger partial charge >= 0.3 is 41.2 Å². The number of aromatic carboxylic acids is 1. The number of rotatable bonds is 6. The number of carboxylic acids is 1. The number of thiazole rings is 1. The molecule has 2 aromatic carbocycles. The molecule has 0 amide bonds. The second kappa shape index (κ2) is 10.1. The fraction of sp³-hybridized carbons (Fsp3) is 0.0909. The Morgan fingerprint density at radius 1 is 1.17 bits per heavy atom. The van der Waals surface area contributed by atoms with Crippen LogP contribution in [-0.2, 0) is 6.61 Å². The molecule has 3 heterocycles. The van der Waals surface area contributed by atoms with Crippen molar-refractivity contribution in [3.63, 3.8) is 0 Å². The molecule has 14 heteroatoms. The number of H-pyrrole nitrogens is 1. The Hall–Kier alpha value is -3.10. The first kappa shape index (κ1) is 26.0. The molecule has 0 aliphatic heterocycles. The van der Waals surface area contributed by atoms with Crippen molar-refractivity contribution in [2.75, 3.05) is 7.11 Å². The molecule has 0 radical (unpaired) electrons. The van der Waals surface area contributed by atoms with Crippen molar-refractivity contribution in [3.05, 3.63) is 78.1 Å². The zero-order valence-electron chi connectivity index (χ0n) is 17.6. The number of hydrogen-bond donors (Lipinski definition) is 2. The van der Waals surface area contributed by atoms with Crippen LogP contribution in [0.5, 0.6) is 11.5 Å². The summed E-state index contributed by atoms with van der Waals surface area (Å²) < 4.78 is 41.6. The van der Waals surface area contributed by atoms with Crippen molar-refractivity contribution < 1.29 is 28.2 Å². The Morgan fingerprint density at radius 2 is 1.94 bits per heavy atom. The summed E-state index contributed by atoms with van der Waals surface area (Å²) in [7, 11) is 1.26. The summed E-state index contributed by atoms with van der Waals surface area (Å²) in [5.41, 5.74) is -0.332. The van der Waals surface area contributed by atoms with Crippen LogP contribution in [0.3, 0.4) is 0 Å². The van der Waals surface area contributed by atoms with E-state index in [0.717, 1.165) is 28.2 Å². The van der Waals surface area contributed by atoms with Crippen molar-refractivity contribution in [2.24, 2.45) is 0 Å². The summed E-state index contributed by atoms with van der Waals surface area (Å²) in [5, 5.41) is 10.4. The Balaban J connectivity index is 0.00000304. The molecule has 3 aromatic heterocycles. The zero-order chi connectivity index (χ0) is 24.9. The number of nitrogens with zero attached hydrogens (tertiary/aromatic N) is 2. The number of aromatic nitrogens is 3. The molecule has 0 unspecified atom stereocenters. The molecule has 0 spiro atoms. The van der Waals surface area contributed by atoms with Crippen molar-refractivity contribution in [3.8, 4) is 17.2 Å². The molecule has 5 aromatic rings. The average Bonchev–Trinajstić information content (AvgIpc) is 3.47. The van der Waals surface area contributed by atoms with Crippen molar-refractivity contribution >= 4 is 79.3 Å². The molecular weight excluding hydrogens is 527 g/mol. The van der Waals surface area contributed by atoms with Gasteiger partial charge in [-0.25, -0.2) is 27.9 Å². The summed E-state index contributed by atoms with van der Waals surface area (Å²) in [5.74, 6) is -3.06. The number of halogens is 2. The molecule has 0 aliphatic carbocycles. The third kappa shape index (κ3) is 4.33. The zero-order valence-corrected chi connectivity index (χ0v) is 19.3. The number of ether oxygens (including phenoxy) is 2. The minimum atomic E-state index is -1.36. The fourth-order valence-electron chi connectivity index (χ4n) is 3.63. The maximum absolute atomic E-state index is 15.0. The number of fused-ring (bicyclic) bond motifs is 2. The molecule has 0 atom stereocenters. The van der Waals surface area contributed by atoms with Gasteiger partial charge in [0.25, 0.3) is 5.56 Å². The second-order valence-electron chi connectivity index (χ2n) is 7.20. The van der Waals surface area contributed by atoms with E-state index in [2.05, 4.69) is 9.97 Å². The van der Waals surface area contributed by atoms with E-state index in [0.29, 0.717) is 10.1 Å². The van der Waals surface area contributed by atoms with Crippen LogP contribution in [0.15, 0.2) is 44.7 Å². The van der Waals surface area contributed by atoms with Crippen molar-refractivity contribution in [1.82, 2.24) is 14.5 Å². The third-order valence-corrected chi connectivity index (χ3v) is 7.01. The van der Waals surface area contributed by atoms with Crippen LogP contribution in [-0.4, -0.2) is 62.3 Å². The molecule has 5 rings (SSSR count). The molecule has 36 heavy (non-hydrogen) atoms. The van der Waals surface area contributed by atoms with E-state index < -0.39 is 34.5 Å². The number of carboxylic acid groups (broad SMARTS) is 1. The summed E-state index contributed by atoms with van der Waals surface area (Å²) in [6, 6.07) is 4.84. The first-order valence-electron chi connectivity index (χ1n) is 9.81. The number of thiophene rings is 1. The normalized spacial score (nSPS) is 11.0. The predicted molar refractivity (Wildman–Crippen MR) is 133 cm³/mol. The van der Waals surface area contributed by atoms with Crippen LogP contribution in [0.2, 0.25) is 0 Å². The number of nitrogens with one attached hydrogen (secondary N) is 1. The van der Waals surface area contributed by atoms with E-state index >= 15 is 4.39 Å². The van der Waals surface area contributed by atoms with Crippen LogP contribution in [0.25, 0.3) is 26.8 Å². The van der Waals surface area contributed by atoms with Crippen LogP contribution >= 0.6 is 22.7 Å². The average molecular weight is 541 g/mol. The van der Waals surface area contributed by atoms with E-state index in [4.69, 9.17) is 9.47 Å². The number of hydrogen-bond acceptors (Lipinski definition) is 8. The fourth-order valence-corrected chi connectivity index (χ4v) is 5.17. The monoisotopic (exact) mass is 541 g/mol. The molecule has 2 N–H and O–H groups in total. The maximum atomic E-state index is 15.0.